The van der Waals surface area contributed by atoms with E-state index < -0.39 is 41.6 Å². The highest BCUT2D eigenvalue weighted by atomic mass is 32.2. The zero-order valence-corrected chi connectivity index (χ0v) is 13.2. The van der Waals surface area contributed by atoms with Crippen LogP contribution in [0.1, 0.15) is 5.56 Å². The standard InChI is InChI=1S/C11H13F3N2O5S2/c12-11(13,14)9-7-8(1-2-10(9)22(15,17)18)23(19,20)16-3-5-21-6-4-16/h1-2,7H,3-6H2,(H2,15,17,18). The van der Waals surface area contributed by atoms with Gasteiger partial charge in [0.1, 0.15) is 0 Å². The van der Waals surface area contributed by atoms with Crippen LogP contribution in [0.15, 0.2) is 28.0 Å². The SMILES string of the molecule is NS(=O)(=O)c1ccc(S(=O)(=O)N2CCOCC2)cc1C(F)(F)F. The van der Waals surface area contributed by atoms with Gasteiger partial charge in [0.15, 0.2) is 0 Å². The smallest absolute Gasteiger partial charge is 0.379 e. The molecule has 2 rings (SSSR count). The van der Waals surface area contributed by atoms with Crippen LogP contribution in [0.2, 0.25) is 0 Å². The Bertz CT molecular complexity index is 799. The van der Waals surface area contributed by atoms with Crippen molar-refractivity contribution in [2.45, 2.75) is 16.0 Å². The van der Waals surface area contributed by atoms with Crippen LogP contribution >= 0.6 is 0 Å². The minimum absolute atomic E-state index is 0.000619. The van der Waals surface area contributed by atoms with Gasteiger partial charge in [-0.25, -0.2) is 22.0 Å². The van der Waals surface area contributed by atoms with E-state index in [2.05, 4.69) is 0 Å². The van der Waals surface area contributed by atoms with Crippen molar-refractivity contribution < 1.29 is 34.7 Å². The highest BCUT2D eigenvalue weighted by molar-refractivity contribution is 7.89. The number of hydrogen-bond donors (Lipinski definition) is 1. The van der Waals surface area contributed by atoms with Gasteiger partial charge >= 0.3 is 6.18 Å². The molecule has 0 aromatic heterocycles. The van der Waals surface area contributed by atoms with E-state index in [-0.39, 0.29) is 32.4 Å². The van der Waals surface area contributed by atoms with Crippen LogP contribution < -0.4 is 5.14 Å². The molecule has 0 atom stereocenters. The second-order valence-electron chi connectivity index (χ2n) is 4.72. The molecular formula is C11H13F3N2O5S2. The average Bonchev–Trinajstić information content (AvgIpc) is 2.45. The lowest BCUT2D eigenvalue weighted by Crippen LogP contribution is -2.40. The van der Waals surface area contributed by atoms with Gasteiger partial charge in [0, 0.05) is 13.1 Å². The number of nitrogens with two attached hydrogens (primary N) is 1. The number of alkyl halides is 3. The fraction of sp³-hybridized carbons (Fsp3) is 0.455. The normalized spacial score (nSPS) is 18.1. The van der Waals surface area contributed by atoms with E-state index in [4.69, 9.17) is 9.88 Å². The van der Waals surface area contributed by atoms with E-state index in [0.29, 0.717) is 6.07 Å². The van der Waals surface area contributed by atoms with Gasteiger partial charge in [-0.1, -0.05) is 0 Å². The summed E-state index contributed by atoms with van der Waals surface area (Å²) in [5.74, 6) is 0. The maximum atomic E-state index is 13.0. The quantitative estimate of drug-likeness (QED) is 0.823. The van der Waals surface area contributed by atoms with E-state index >= 15 is 0 Å². The zero-order chi connectivity index (χ0) is 17.5. The maximum absolute atomic E-state index is 13.0. The molecule has 1 heterocycles. The van der Waals surface area contributed by atoms with Crippen molar-refractivity contribution in [3.05, 3.63) is 23.8 Å². The number of nitrogens with zero attached hydrogens (tertiary/aromatic N) is 1. The molecule has 7 nitrogen and oxygen atoms in total. The molecular weight excluding hydrogens is 361 g/mol. The van der Waals surface area contributed by atoms with Gasteiger partial charge in [0.05, 0.1) is 28.6 Å². The van der Waals surface area contributed by atoms with Gasteiger partial charge in [0.2, 0.25) is 20.0 Å². The number of halogens is 3. The first kappa shape index (κ1) is 18.1. The van der Waals surface area contributed by atoms with E-state index in [1.165, 1.54) is 0 Å². The summed E-state index contributed by atoms with van der Waals surface area (Å²) in [4.78, 5) is -1.83. The van der Waals surface area contributed by atoms with Crippen molar-refractivity contribution in [2.24, 2.45) is 5.14 Å². The average molecular weight is 374 g/mol. The molecule has 0 bridgehead atoms. The van der Waals surface area contributed by atoms with Gasteiger partial charge < -0.3 is 4.74 Å². The second-order valence-corrected chi connectivity index (χ2v) is 8.18. The molecule has 1 aromatic rings. The molecule has 1 aliphatic heterocycles. The summed E-state index contributed by atoms with van der Waals surface area (Å²) in [6.45, 7) is 0.252. The molecule has 0 unspecified atom stereocenters. The molecule has 1 saturated heterocycles. The van der Waals surface area contributed by atoms with E-state index in [0.717, 1.165) is 10.4 Å². The third-order valence-electron chi connectivity index (χ3n) is 3.17. The lowest BCUT2D eigenvalue weighted by molar-refractivity contribution is -0.140. The fourth-order valence-electron chi connectivity index (χ4n) is 2.08. The minimum Gasteiger partial charge on any atom is -0.379 e. The second kappa shape index (κ2) is 6.02. The fourth-order valence-corrected chi connectivity index (χ4v) is 4.25. The highest BCUT2D eigenvalue weighted by Crippen LogP contribution is 2.35. The van der Waals surface area contributed by atoms with Crippen molar-refractivity contribution in [3.8, 4) is 0 Å². The highest BCUT2D eigenvalue weighted by Gasteiger charge is 2.38. The molecule has 12 heteroatoms. The van der Waals surface area contributed by atoms with Crippen LogP contribution in [0.5, 0.6) is 0 Å². The monoisotopic (exact) mass is 374 g/mol. The predicted molar refractivity (Wildman–Crippen MR) is 72.4 cm³/mol. The first-order valence-electron chi connectivity index (χ1n) is 6.26. The van der Waals surface area contributed by atoms with Crippen LogP contribution in [-0.4, -0.2) is 47.4 Å². The number of hydrogen-bond acceptors (Lipinski definition) is 5. The number of sulfonamides is 2. The third-order valence-corrected chi connectivity index (χ3v) is 6.03. The Kier molecular flexibility index (Phi) is 4.74. The van der Waals surface area contributed by atoms with Crippen LogP contribution in [0.4, 0.5) is 13.2 Å². The molecule has 0 spiro atoms. The third kappa shape index (κ3) is 3.83. The van der Waals surface area contributed by atoms with Gasteiger partial charge in [0.25, 0.3) is 0 Å². The number of ether oxygens (including phenoxy) is 1. The molecule has 1 fully saturated rings. The zero-order valence-electron chi connectivity index (χ0n) is 11.6. The summed E-state index contributed by atoms with van der Waals surface area (Å²) in [6.07, 6.45) is -5.07. The first-order valence-corrected chi connectivity index (χ1v) is 9.24. The summed E-state index contributed by atoms with van der Waals surface area (Å²) in [5.41, 5.74) is -1.62. The molecule has 130 valence electrons. The van der Waals surface area contributed by atoms with Crippen LogP contribution in [0, 0.1) is 0 Å². The Morgan fingerprint density at radius 3 is 2.13 bits per heavy atom. The number of rotatable bonds is 3. The number of benzene rings is 1. The lowest BCUT2D eigenvalue weighted by atomic mass is 10.2. The number of morpholine rings is 1. The minimum atomic E-state index is -5.07. The largest absolute Gasteiger partial charge is 0.417 e. The van der Waals surface area contributed by atoms with Crippen molar-refractivity contribution in [2.75, 3.05) is 26.3 Å². The summed E-state index contributed by atoms with van der Waals surface area (Å²) < 4.78 is 92.3. The molecule has 0 radical (unpaired) electrons. The van der Waals surface area contributed by atoms with Crippen LogP contribution in [-0.2, 0) is 31.0 Å². The summed E-state index contributed by atoms with van der Waals surface area (Å²) in [5, 5.41) is 4.75. The molecule has 23 heavy (non-hydrogen) atoms. The summed E-state index contributed by atoms with van der Waals surface area (Å²) in [6, 6.07) is 1.62. The van der Waals surface area contributed by atoms with Gasteiger partial charge in [-0.2, -0.15) is 17.5 Å². The van der Waals surface area contributed by atoms with Crippen molar-refractivity contribution in [3.63, 3.8) is 0 Å². The Balaban J connectivity index is 2.57. The van der Waals surface area contributed by atoms with Gasteiger partial charge in [-0.05, 0) is 18.2 Å². The number of primary sulfonamides is 1. The molecule has 1 aliphatic rings. The Morgan fingerprint density at radius 1 is 1.09 bits per heavy atom. The molecule has 0 aliphatic carbocycles. The van der Waals surface area contributed by atoms with E-state index in [9.17, 15) is 30.0 Å². The lowest BCUT2D eigenvalue weighted by Gasteiger charge is -2.26. The Labute approximate surface area is 130 Å². The van der Waals surface area contributed by atoms with Crippen LogP contribution in [0.25, 0.3) is 0 Å². The summed E-state index contributed by atoms with van der Waals surface area (Å²) >= 11 is 0. The van der Waals surface area contributed by atoms with Crippen LogP contribution in [0.3, 0.4) is 0 Å². The molecule has 0 amide bonds. The van der Waals surface area contributed by atoms with E-state index in [1.54, 1.807) is 0 Å². The van der Waals surface area contributed by atoms with Gasteiger partial charge in [-0.3, -0.25) is 0 Å². The predicted octanol–water partition coefficient (Wildman–Crippen LogP) is 0.374. The first-order chi connectivity index (χ1) is 10.4. The molecule has 1 aromatic carbocycles. The summed E-state index contributed by atoms with van der Waals surface area (Å²) in [7, 11) is -8.84. The topological polar surface area (TPSA) is 107 Å². The van der Waals surface area contributed by atoms with Crippen molar-refractivity contribution >= 4 is 20.0 Å². The van der Waals surface area contributed by atoms with Crippen molar-refractivity contribution in [1.82, 2.24) is 4.31 Å². The Morgan fingerprint density at radius 2 is 1.65 bits per heavy atom. The molecule has 2 N–H and O–H groups in total. The van der Waals surface area contributed by atoms with E-state index in [1.807, 2.05) is 0 Å². The van der Waals surface area contributed by atoms with Crippen molar-refractivity contribution in [1.29, 1.82) is 0 Å². The Hall–Kier alpha value is -1.21. The van der Waals surface area contributed by atoms with Gasteiger partial charge in [-0.15, -0.1) is 0 Å². The maximum Gasteiger partial charge on any atom is 0.417 e. The molecule has 0 saturated carbocycles.